The van der Waals surface area contributed by atoms with Crippen molar-refractivity contribution in [2.45, 2.75) is 37.0 Å². The van der Waals surface area contributed by atoms with Crippen LogP contribution in [0.4, 0.5) is 0 Å². The number of hydrogen-bond acceptors (Lipinski definition) is 2. The maximum Gasteiger partial charge on any atom is 0.164 e. The van der Waals surface area contributed by atoms with Crippen LogP contribution in [0.3, 0.4) is 0 Å². The second-order valence-corrected chi connectivity index (χ2v) is 5.48. The lowest BCUT2D eigenvalue weighted by atomic mass is 9.89. The Kier molecular flexibility index (Phi) is 2.32. The fourth-order valence-electron chi connectivity index (χ4n) is 2.49. The summed E-state index contributed by atoms with van der Waals surface area (Å²) >= 11 is 1.84. The summed E-state index contributed by atoms with van der Waals surface area (Å²) in [6.07, 6.45) is 5.69. The van der Waals surface area contributed by atoms with Crippen LogP contribution >= 0.6 is 11.8 Å². The van der Waals surface area contributed by atoms with Crippen molar-refractivity contribution >= 4 is 17.5 Å². The van der Waals surface area contributed by atoms with Crippen LogP contribution in [-0.4, -0.2) is 11.5 Å². The third-order valence-corrected chi connectivity index (χ3v) is 4.39. The highest BCUT2D eigenvalue weighted by molar-refractivity contribution is 7.99. The van der Waals surface area contributed by atoms with E-state index in [0.717, 1.165) is 17.7 Å². The quantitative estimate of drug-likeness (QED) is 0.665. The van der Waals surface area contributed by atoms with Crippen molar-refractivity contribution in [1.29, 1.82) is 0 Å². The molecule has 0 atom stereocenters. The SMILES string of the molecule is O=C1CCSc2cc3c(cc21)CCCC3. The van der Waals surface area contributed by atoms with E-state index in [0.29, 0.717) is 5.78 Å². The molecule has 2 heteroatoms. The Morgan fingerprint density at radius 1 is 1.00 bits per heavy atom. The highest BCUT2D eigenvalue weighted by atomic mass is 32.2. The molecule has 1 aromatic rings. The van der Waals surface area contributed by atoms with Crippen molar-refractivity contribution in [3.05, 3.63) is 28.8 Å². The minimum absolute atomic E-state index is 0.345. The first-order chi connectivity index (χ1) is 7.34. The first-order valence-corrected chi connectivity index (χ1v) is 6.65. The van der Waals surface area contributed by atoms with Gasteiger partial charge in [-0.25, -0.2) is 0 Å². The van der Waals surface area contributed by atoms with Crippen molar-refractivity contribution in [2.75, 3.05) is 5.75 Å². The largest absolute Gasteiger partial charge is 0.294 e. The molecule has 0 saturated heterocycles. The summed E-state index contributed by atoms with van der Waals surface area (Å²) in [5.74, 6) is 1.31. The Bertz CT molecular complexity index is 423. The Balaban J connectivity index is 2.12. The molecule has 78 valence electrons. The van der Waals surface area contributed by atoms with Gasteiger partial charge in [-0.2, -0.15) is 0 Å². The second kappa shape index (κ2) is 3.67. The van der Waals surface area contributed by atoms with Gasteiger partial charge >= 0.3 is 0 Å². The van der Waals surface area contributed by atoms with E-state index >= 15 is 0 Å². The van der Waals surface area contributed by atoms with Gasteiger partial charge in [0.15, 0.2) is 5.78 Å². The van der Waals surface area contributed by atoms with Gasteiger partial charge < -0.3 is 0 Å². The van der Waals surface area contributed by atoms with E-state index in [2.05, 4.69) is 12.1 Å². The number of ketones is 1. The zero-order valence-electron chi connectivity index (χ0n) is 8.71. The monoisotopic (exact) mass is 218 g/mol. The highest BCUT2D eigenvalue weighted by Gasteiger charge is 2.21. The highest BCUT2D eigenvalue weighted by Crippen LogP contribution is 2.34. The zero-order valence-corrected chi connectivity index (χ0v) is 9.53. The van der Waals surface area contributed by atoms with Gasteiger partial charge in [0.1, 0.15) is 0 Å². The number of carbonyl (C=O) groups excluding carboxylic acids is 1. The lowest BCUT2D eigenvalue weighted by molar-refractivity contribution is 0.0984. The van der Waals surface area contributed by atoms with Gasteiger partial charge in [0.2, 0.25) is 0 Å². The lowest BCUT2D eigenvalue weighted by Crippen LogP contribution is -2.12. The van der Waals surface area contributed by atoms with Gasteiger partial charge in [0, 0.05) is 22.6 Å². The Morgan fingerprint density at radius 2 is 1.73 bits per heavy atom. The summed E-state index contributed by atoms with van der Waals surface area (Å²) in [5, 5.41) is 0. The van der Waals surface area contributed by atoms with Crippen LogP contribution in [0.1, 0.15) is 40.7 Å². The number of thioether (sulfide) groups is 1. The molecule has 15 heavy (non-hydrogen) atoms. The predicted molar refractivity (Wildman–Crippen MR) is 62.8 cm³/mol. The van der Waals surface area contributed by atoms with Crippen molar-refractivity contribution in [1.82, 2.24) is 0 Å². The van der Waals surface area contributed by atoms with Crippen LogP contribution in [0.2, 0.25) is 0 Å². The molecule has 0 radical (unpaired) electrons. The summed E-state index contributed by atoms with van der Waals surface area (Å²) in [5.41, 5.74) is 3.91. The maximum atomic E-state index is 11.8. The van der Waals surface area contributed by atoms with Crippen LogP contribution in [0.5, 0.6) is 0 Å². The molecule has 0 fully saturated rings. The topological polar surface area (TPSA) is 17.1 Å². The molecule has 3 rings (SSSR count). The molecular weight excluding hydrogens is 204 g/mol. The smallest absolute Gasteiger partial charge is 0.164 e. The summed E-state index contributed by atoms with van der Waals surface area (Å²) < 4.78 is 0. The minimum Gasteiger partial charge on any atom is -0.294 e. The number of hydrogen-bond donors (Lipinski definition) is 0. The van der Waals surface area contributed by atoms with E-state index < -0.39 is 0 Å². The fraction of sp³-hybridized carbons (Fsp3) is 0.462. The molecule has 0 amide bonds. The molecule has 1 aliphatic carbocycles. The molecule has 0 bridgehead atoms. The van der Waals surface area contributed by atoms with Crippen LogP contribution in [0.25, 0.3) is 0 Å². The van der Waals surface area contributed by atoms with E-state index in [1.807, 2.05) is 11.8 Å². The van der Waals surface area contributed by atoms with Gasteiger partial charge in [-0.1, -0.05) is 0 Å². The van der Waals surface area contributed by atoms with Gasteiger partial charge in [-0.15, -0.1) is 11.8 Å². The summed E-state index contributed by atoms with van der Waals surface area (Å²) in [6.45, 7) is 0. The fourth-order valence-corrected chi connectivity index (χ4v) is 3.55. The third-order valence-electron chi connectivity index (χ3n) is 3.33. The molecule has 0 N–H and O–H groups in total. The van der Waals surface area contributed by atoms with E-state index in [-0.39, 0.29) is 0 Å². The molecule has 2 aliphatic rings. The van der Waals surface area contributed by atoms with Gasteiger partial charge in [0.05, 0.1) is 0 Å². The van der Waals surface area contributed by atoms with Crippen molar-refractivity contribution in [3.8, 4) is 0 Å². The van der Waals surface area contributed by atoms with Crippen molar-refractivity contribution in [3.63, 3.8) is 0 Å². The standard InChI is InChI=1S/C13H14OS/c14-12-5-6-15-13-8-10-4-2-1-3-9(10)7-11(12)13/h7-8H,1-6H2. The third kappa shape index (κ3) is 1.61. The first kappa shape index (κ1) is 9.46. The van der Waals surface area contributed by atoms with Gasteiger partial charge in [0.25, 0.3) is 0 Å². The average Bonchev–Trinajstić information content (AvgIpc) is 2.27. The number of aryl methyl sites for hydroxylation is 2. The average molecular weight is 218 g/mol. The molecule has 0 spiro atoms. The summed E-state index contributed by atoms with van der Waals surface area (Å²) in [6, 6.07) is 4.43. The van der Waals surface area contributed by atoms with Crippen LogP contribution < -0.4 is 0 Å². The normalized spacial score (nSPS) is 19.6. The Labute approximate surface area is 94.3 Å². The molecule has 0 aromatic heterocycles. The first-order valence-electron chi connectivity index (χ1n) is 5.66. The van der Waals surface area contributed by atoms with E-state index in [4.69, 9.17) is 0 Å². The molecule has 0 unspecified atom stereocenters. The van der Waals surface area contributed by atoms with Crippen molar-refractivity contribution in [2.24, 2.45) is 0 Å². The number of carbonyl (C=O) groups is 1. The molecule has 1 aromatic carbocycles. The van der Waals surface area contributed by atoms with E-state index in [1.165, 1.54) is 41.7 Å². The minimum atomic E-state index is 0.345. The van der Waals surface area contributed by atoms with Crippen LogP contribution in [0, 0.1) is 0 Å². The number of benzene rings is 1. The van der Waals surface area contributed by atoms with Crippen LogP contribution in [-0.2, 0) is 12.8 Å². The Hall–Kier alpha value is -0.760. The number of Topliss-reactive ketones (excluding diaryl/α,β-unsaturated/α-hetero) is 1. The van der Waals surface area contributed by atoms with E-state index in [1.54, 1.807) is 0 Å². The summed E-state index contributed by atoms with van der Waals surface area (Å²) in [4.78, 5) is 13.0. The lowest BCUT2D eigenvalue weighted by Gasteiger charge is -2.21. The van der Waals surface area contributed by atoms with Crippen molar-refractivity contribution < 1.29 is 4.79 Å². The summed E-state index contributed by atoms with van der Waals surface area (Å²) in [7, 11) is 0. The number of rotatable bonds is 0. The van der Waals surface area contributed by atoms with Gasteiger partial charge in [-0.3, -0.25) is 4.79 Å². The van der Waals surface area contributed by atoms with Gasteiger partial charge in [-0.05, 0) is 48.9 Å². The molecule has 1 nitrogen and oxygen atoms in total. The molecular formula is C13H14OS. The molecule has 1 heterocycles. The Morgan fingerprint density at radius 3 is 2.53 bits per heavy atom. The predicted octanol–water partition coefficient (Wildman–Crippen LogP) is 3.24. The second-order valence-electron chi connectivity index (χ2n) is 4.35. The molecule has 0 saturated carbocycles. The van der Waals surface area contributed by atoms with Crippen LogP contribution in [0.15, 0.2) is 17.0 Å². The maximum absolute atomic E-state index is 11.8. The number of fused-ring (bicyclic) bond motifs is 2. The molecule has 1 aliphatic heterocycles. The van der Waals surface area contributed by atoms with E-state index in [9.17, 15) is 4.79 Å². The zero-order chi connectivity index (χ0) is 10.3.